The summed E-state index contributed by atoms with van der Waals surface area (Å²) in [5.41, 5.74) is 5.94. The fraction of sp³-hybridized carbons (Fsp3) is 0. The highest BCUT2D eigenvalue weighted by Crippen LogP contribution is 2.30. The van der Waals surface area contributed by atoms with Crippen LogP contribution in [-0.2, 0) is 0 Å². The van der Waals surface area contributed by atoms with Crippen LogP contribution in [-0.4, -0.2) is 24.7 Å². The third-order valence-electron chi connectivity index (χ3n) is 2.78. The van der Waals surface area contributed by atoms with Crippen molar-refractivity contribution < 1.29 is 0 Å². The maximum atomic E-state index is 12.0. The monoisotopic (exact) mass is 322 g/mol. The molecule has 21 heavy (non-hydrogen) atoms. The molecule has 0 radical (unpaired) electrons. The number of nitrogens with two attached hydrogens (primary N) is 1. The van der Waals surface area contributed by atoms with Crippen LogP contribution in [0, 0.1) is 0 Å². The van der Waals surface area contributed by atoms with Crippen LogP contribution in [0.3, 0.4) is 0 Å². The maximum Gasteiger partial charge on any atom is 0.348 e. The molecule has 106 valence electrons. The molecule has 1 aromatic carbocycles. The zero-order valence-electron chi connectivity index (χ0n) is 10.4. The lowest BCUT2D eigenvalue weighted by Gasteiger charge is -2.09. The van der Waals surface area contributed by atoms with Gasteiger partial charge in [0, 0.05) is 12.4 Å². The van der Waals surface area contributed by atoms with E-state index in [1.807, 2.05) is 0 Å². The minimum atomic E-state index is -0.487. The van der Waals surface area contributed by atoms with Crippen LogP contribution in [0.2, 0.25) is 10.0 Å². The molecule has 0 saturated heterocycles. The Bertz CT molecular complexity index is 872. The van der Waals surface area contributed by atoms with Gasteiger partial charge in [-0.2, -0.15) is 5.10 Å². The lowest BCUT2D eigenvalue weighted by Crippen LogP contribution is -2.16. The van der Waals surface area contributed by atoms with E-state index in [9.17, 15) is 4.79 Å². The molecule has 0 atom stereocenters. The number of aromatic nitrogens is 5. The minimum absolute atomic E-state index is 0.149. The first-order chi connectivity index (χ1) is 10.1. The molecule has 0 aliphatic rings. The summed E-state index contributed by atoms with van der Waals surface area (Å²) in [6, 6.07) is 4.93. The van der Waals surface area contributed by atoms with Crippen molar-refractivity contribution in [3.63, 3.8) is 0 Å². The van der Waals surface area contributed by atoms with Crippen molar-refractivity contribution in [1.29, 1.82) is 0 Å². The summed E-state index contributed by atoms with van der Waals surface area (Å²) >= 11 is 12.1. The van der Waals surface area contributed by atoms with Crippen molar-refractivity contribution >= 4 is 29.0 Å². The number of aromatic amines is 1. The number of anilines is 1. The van der Waals surface area contributed by atoms with Crippen LogP contribution in [0.15, 0.2) is 35.4 Å². The second-order valence-electron chi connectivity index (χ2n) is 4.05. The Kier molecular flexibility index (Phi) is 3.36. The number of nitrogen functional groups attached to an aromatic ring is 1. The molecule has 0 unspecified atom stereocenters. The Morgan fingerprint density at radius 1 is 1.19 bits per heavy atom. The van der Waals surface area contributed by atoms with Crippen LogP contribution in [0.1, 0.15) is 0 Å². The van der Waals surface area contributed by atoms with E-state index < -0.39 is 5.69 Å². The molecule has 3 rings (SSSR count). The van der Waals surface area contributed by atoms with Crippen LogP contribution in [0.25, 0.3) is 17.2 Å². The van der Waals surface area contributed by atoms with Crippen molar-refractivity contribution in [3.05, 3.63) is 51.1 Å². The third-order valence-corrected chi connectivity index (χ3v) is 3.59. The number of nitrogens with one attached hydrogen (secondary N) is 1. The highest BCUT2D eigenvalue weighted by atomic mass is 35.5. The second kappa shape index (κ2) is 5.19. The number of nitrogens with zero attached hydrogens (tertiary/aromatic N) is 4. The largest absolute Gasteiger partial charge is 0.382 e. The predicted octanol–water partition coefficient (Wildman–Crippen LogP) is 1.91. The van der Waals surface area contributed by atoms with E-state index in [2.05, 4.69) is 20.2 Å². The van der Waals surface area contributed by atoms with Crippen LogP contribution in [0.5, 0.6) is 0 Å². The smallest absolute Gasteiger partial charge is 0.348 e. The summed E-state index contributed by atoms with van der Waals surface area (Å²) in [6.45, 7) is 0. The summed E-state index contributed by atoms with van der Waals surface area (Å²) in [7, 11) is 0. The van der Waals surface area contributed by atoms with Gasteiger partial charge in [-0.15, -0.1) is 0 Å². The normalized spacial score (nSPS) is 10.8. The zero-order valence-corrected chi connectivity index (χ0v) is 11.9. The lowest BCUT2D eigenvalue weighted by atomic mass is 10.3. The third kappa shape index (κ3) is 2.26. The summed E-state index contributed by atoms with van der Waals surface area (Å²) in [4.78, 5) is 20.1. The van der Waals surface area contributed by atoms with Gasteiger partial charge < -0.3 is 5.73 Å². The number of hydrogen-bond acceptors (Lipinski definition) is 5. The van der Waals surface area contributed by atoms with E-state index in [1.54, 1.807) is 18.2 Å². The van der Waals surface area contributed by atoms with E-state index in [4.69, 9.17) is 28.9 Å². The van der Waals surface area contributed by atoms with Gasteiger partial charge in [-0.25, -0.2) is 24.4 Å². The molecule has 3 N–H and O–H groups in total. The van der Waals surface area contributed by atoms with Crippen molar-refractivity contribution in [2.75, 3.05) is 5.73 Å². The molecule has 0 fully saturated rings. The molecular formula is C12H8Cl2N6O. The SMILES string of the molecule is Nc1nccnc1-c1n[nH]c(=O)n1-c1cccc(Cl)c1Cl. The van der Waals surface area contributed by atoms with Gasteiger partial charge in [0.2, 0.25) is 0 Å². The average Bonchev–Trinajstić information content (AvgIpc) is 2.84. The fourth-order valence-electron chi connectivity index (χ4n) is 1.87. The van der Waals surface area contributed by atoms with E-state index in [-0.39, 0.29) is 22.4 Å². The molecule has 0 aliphatic carbocycles. The summed E-state index contributed by atoms with van der Waals surface area (Å²) < 4.78 is 1.24. The molecular weight excluding hydrogens is 315 g/mol. The van der Waals surface area contributed by atoms with Crippen molar-refractivity contribution in [2.45, 2.75) is 0 Å². The number of benzene rings is 1. The van der Waals surface area contributed by atoms with E-state index in [1.165, 1.54) is 17.0 Å². The first-order valence-corrected chi connectivity index (χ1v) is 6.54. The number of hydrogen-bond donors (Lipinski definition) is 2. The van der Waals surface area contributed by atoms with Crippen molar-refractivity contribution in [2.24, 2.45) is 0 Å². The number of rotatable bonds is 2. The lowest BCUT2D eigenvalue weighted by molar-refractivity contribution is 0.982. The zero-order chi connectivity index (χ0) is 15.0. The van der Waals surface area contributed by atoms with Gasteiger partial charge in [0.25, 0.3) is 0 Å². The highest BCUT2D eigenvalue weighted by molar-refractivity contribution is 6.43. The Morgan fingerprint density at radius 2 is 1.95 bits per heavy atom. The Balaban J connectivity index is 2.31. The van der Waals surface area contributed by atoms with Gasteiger partial charge in [0.05, 0.1) is 15.7 Å². The molecule has 0 bridgehead atoms. The first-order valence-electron chi connectivity index (χ1n) is 5.78. The Labute approximate surface area is 128 Å². The van der Waals surface area contributed by atoms with Gasteiger partial charge in [-0.1, -0.05) is 29.3 Å². The predicted molar refractivity (Wildman–Crippen MR) is 79.6 cm³/mol. The van der Waals surface area contributed by atoms with Crippen LogP contribution in [0.4, 0.5) is 5.82 Å². The molecule has 0 saturated carbocycles. The van der Waals surface area contributed by atoms with Gasteiger partial charge in [-0.3, -0.25) is 0 Å². The van der Waals surface area contributed by atoms with E-state index in [0.29, 0.717) is 10.7 Å². The van der Waals surface area contributed by atoms with E-state index >= 15 is 0 Å². The minimum Gasteiger partial charge on any atom is -0.382 e. The Morgan fingerprint density at radius 3 is 2.71 bits per heavy atom. The van der Waals surface area contributed by atoms with Crippen molar-refractivity contribution in [1.82, 2.24) is 24.7 Å². The number of halogens is 2. The van der Waals surface area contributed by atoms with Crippen LogP contribution < -0.4 is 11.4 Å². The van der Waals surface area contributed by atoms with Crippen LogP contribution >= 0.6 is 23.2 Å². The average molecular weight is 323 g/mol. The fourth-order valence-corrected chi connectivity index (χ4v) is 2.25. The maximum absolute atomic E-state index is 12.0. The summed E-state index contributed by atoms with van der Waals surface area (Å²) in [6.07, 6.45) is 2.90. The van der Waals surface area contributed by atoms with E-state index in [0.717, 1.165) is 0 Å². The van der Waals surface area contributed by atoms with Gasteiger partial charge in [0.15, 0.2) is 17.3 Å². The molecule has 2 aromatic heterocycles. The van der Waals surface area contributed by atoms with Gasteiger partial charge in [0.1, 0.15) is 0 Å². The first kappa shape index (κ1) is 13.6. The van der Waals surface area contributed by atoms with Gasteiger partial charge in [-0.05, 0) is 12.1 Å². The molecule has 0 amide bonds. The molecule has 3 aromatic rings. The topological polar surface area (TPSA) is 102 Å². The quantitative estimate of drug-likeness (QED) is 0.750. The molecule has 9 heteroatoms. The molecule has 0 aliphatic heterocycles. The van der Waals surface area contributed by atoms with Crippen molar-refractivity contribution in [3.8, 4) is 17.2 Å². The second-order valence-corrected chi connectivity index (χ2v) is 4.84. The van der Waals surface area contributed by atoms with Gasteiger partial charge >= 0.3 is 5.69 Å². The summed E-state index contributed by atoms with van der Waals surface area (Å²) in [5.74, 6) is 0.352. The molecule has 7 nitrogen and oxygen atoms in total. The standard InChI is InChI=1S/C12H8Cl2N6O/c13-6-2-1-3-7(8(6)14)20-11(18-19-12(20)21)9-10(15)17-5-4-16-9/h1-5H,(H2,15,17)(H,19,21). The Hall–Kier alpha value is -2.38. The number of H-pyrrole nitrogens is 1. The molecule has 0 spiro atoms. The molecule has 2 heterocycles. The summed E-state index contributed by atoms with van der Waals surface area (Å²) in [5, 5.41) is 6.82. The highest BCUT2D eigenvalue weighted by Gasteiger charge is 2.19.